The molecule has 0 aliphatic carbocycles. The van der Waals surface area contributed by atoms with Crippen LogP contribution in [0.15, 0.2) is 96.4 Å². The lowest BCUT2D eigenvalue weighted by Gasteiger charge is -2.24. The summed E-state index contributed by atoms with van der Waals surface area (Å²) < 4.78 is 19.5. The van der Waals surface area contributed by atoms with Gasteiger partial charge in [-0.15, -0.1) is 11.3 Å². The number of ether oxygens (including phenoxy) is 1. The van der Waals surface area contributed by atoms with E-state index in [0.717, 1.165) is 0 Å². The summed E-state index contributed by atoms with van der Waals surface area (Å²) in [5, 5.41) is 7.49. The molecule has 1 aliphatic rings. The van der Waals surface area contributed by atoms with Crippen LogP contribution < -0.4 is 10.6 Å². The van der Waals surface area contributed by atoms with E-state index >= 15 is 0 Å². The largest absolute Gasteiger partial charge is 0.438 e. The number of carbonyl (C=O) groups is 3. The normalized spacial score (nSPS) is 16.8. The second-order valence-corrected chi connectivity index (χ2v) is 9.36. The molecule has 0 radical (unpaired) electrons. The molecule has 1 saturated heterocycles. The van der Waals surface area contributed by atoms with Gasteiger partial charge >= 0.3 is 6.09 Å². The number of carbonyl (C=O) groups excluding carboxylic acids is 3. The van der Waals surface area contributed by atoms with Crippen LogP contribution in [-0.2, 0) is 16.1 Å². The third-order valence-corrected chi connectivity index (χ3v) is 6.75. The van der Waals surface area contributed by atoms with Gasteiger partial charge in [0.2, 0.25) is 0 Å². The van der Waals surface area contributed by atoms with Crippen molar-refractivity contribution >= 4 is 40.6 Å². The summed E-state index contributed by atoms with van der Waals surface area (Å²) in [6, 6.07) is 24.1. The van der Waals surface area contributed by atoms with Crippen molar-refractivity contribution in [1.29, 1.82) is 0 Å². The van der Waals surface area contributed by atoms with Gasteiger partial charge in [0.05, 0.1) is 11.4 Å². The highest BCUT2D eigenvalue weighted by molar-refractivity contribution is 7.12. The summed E-state index contributed by atoms with van der Waals surface area (Å²) >= 11 is 1.34. The van der Waals surface area contributed by atoms with E-state index in [1.165, 1.54) is 28.4 Å². The molecule has 0 saturated carbocycles. The third kappa shape index (κ3) is 5.52. The summed E-state index contributed by atoms with van der Waals surface area (Å²) in [6.45, 7) is -0.00504. The van der Waals surface area contributed by atoms with Gasteiger partial charge in [-0.3, -0.25) is 14.5 Å². The van der Waals surface area contributed by atoms with Gasteiger partial charge in [0.15, 0.2) is 12.1 Å². The van der Waals surface area contributed by atoms with Crippen molar-refractivity contribution in [2.45, 2.75) is 18.7 Å². The number of nitrogens with zero attached hydrogens (tertiary/aromatic N) is 1. The zero-order chi connectivity index (χ0) is 25.8. The van der Waals surface area contributed by atoms with E-state index in [4.69, 9.17) is 4.74 Å². The van der Waals surface area contributed by atoms with E-state index in [2.05, 4.69) is 10.6 Å². The standard InChI is InChI=1S/C28H22FN3O4S/c29-20-7-4-6-18(16-20)17-32-24(27(34)31-21-8-2-1-3-9-21)25(36-28(32)35)19-11-13-22(14-12-19)30-26(33)23-10-5-15-37-23/h1-16,24-25H,17H2,(H,30,33)(H,31,34). The van der Waals surface area contributed by atoms with Gasteiger partial charge in [-0.1, -0.05) is 48.5 Å². The van der Waals surface area contributed by atoms with E-state index in [1.54, 1.807) is 72.8 Å². The van der Waals surface area contributed by atoms with Gasteiger partial charge in [0.1, 0.15) is 5.82 Å². The van der Waals surface area contributed by atoms with Gasteiger partial charge in [-0.25, -0.2) is 9.18 Å². The van der Waals surface area contributed by atoms with E-state index in [9.17, 15) is 18.8 Å². The van der Waals surface area contributed by atoms with Crippen molar-refractivity contribution in [2.75, 3.05) is 10.6 Å². The lowest BCUT2D eigenvalue weighted by atomic mass is 10.00. The zero-order valence-corrected chi connectivity index (χ0v) is 20.3. The van der Waals surface area contributed by atoms with E-state index in [0.29, 0.717) is 27.4 Å². The molecule has 2 atom stereocenters. The van der Waals surface area contributed by atoms with Crippen molar-refractivity contribution in [3.05, 3.63) is 118 Å². The van der Waals surface area contributed by atoms with Crippen LogP contribution in [-0.4, -0.2) is 28.8 Å². The molecule has 1 aromatic heterocycles. The van der Waals surface area contributed by atoms with E-state index in [-0.39, 0.29) is 12.5 Å². The fourth-order valence-corrected chi connectivity index (χ4v) is 4.76. The molecule has 1 fully saturated rings. The Morgan fingerprint density at radius 1 is 0.892 bits per heavy atom. The van der Waals surface area contributed by atoms with Crippen molar-refractivity contribution in [2.24, 2.45) is 0 Å². The molecule has 3 amide bonds. The summed E-state index contributed by atoms with van der Waals surface area (Å²) in [6.07, 6.45) is -1.59. The van der Waals surface area contributed by atoms with Crippen LogP contribution >= 0.6 is 11.3 Å². The molecule has 2 N–H and O–H groups in total. The molecule has 7 nitrogen and oxygen atoms in total. The summed E-state index contributed by atoms with van der Waals surface area (Å²) in [7, 11) is 0. The molecule has 2 unspecified atom stereocenters. The Hall–Kier alpha value is -4.50. The summed E-state index contributed by atoms with van der Waals surface area (Å²) in [5.74, 6) is -1.10. The predicted molar refractivity (Wildman–Crippen MR) is 139 cm³/mol. The molecule has 0 spiro atoms. The fourth-order valence-electron chi connectivity index (χ4n) is 4.14. The van der Waals surface area contributed by atoms with Gasteiger partial charge < -0.3 is 15.4 Å². The van der Waals surface area contributed by atoms with Crippen LogP contribution in [0.25, 0.3) is 0 Å². The minimum absolute atomic E-state index is 0.00504. The summed E-state index contributed by atoms with van der Waals surface area (Å²) in [4.78, 5) is 40.6. The number of benzene rings is 3. The number of hydrogen-bond acceptors (Lipinski definition) is 5. The number of cyclic esters (lactones) is 1. The van der Waals surface area contributed by atoms with Crippen LogP contribution in [0.2, 0.25) is 0 Å². The molecule has 1 aliphatic heterocycles. The number of anilines is 2. The first-order valence-corrected chi connectivity index (χ1v) is 12.4. The fraction of sp³-hybridized carbons (Fsp3) is 0.107. The first kappa shape index (κ1) is 24.2. The van der Waals surface area contributed by atoms with Gasteiger partial charge in [0, 0.05) is 11.4 Å². The zero-order valence-electron chi connectivity index (χ0n) is 19.5. The second kappa shape index (κ2) is 10.6. The lowest BCUT2D eigenvalue weighted by Crippen LogP contribution is -2.43. The Morgan fingerprint density at radius 2 is 1.65 bits per heavy atom. The van der Waals surface area contributed by atoms with Crippen LogP contribution in [0.5, 0.6) is 0 Å². The maximum Gasteiger partial charge on any atom is 0.411 e. The predicted octanol–water partition coefficient (Wildman–Crippen LogP) is 5.84. The second-order valence-electron chi connectivity index (χ2n) is 8.42. The topological polar surface area (TPSA) is 87.7 Å². The number of thiophene rings is 1. The molecule has 5 rings (SSSR count). The van der Waals surface area contributed by atoms with Crippen molar-refractivity contribution in [1.82, 2.24) is 4.90 Å². The highest BCUT2D eigenvalue weighted by atomic mass is 32.1. The minimum Gasteiger partial charge on any atom is -0.438 e. The number of amides is 3. The Kier molecular flexibility index (Phi) is 6.96. The van der Waals surface area contributed by atoms with E-state index in [1.807, 2.05) is 11.4 Å². The van der Waals surface area contributed by atoms with Crippen LogP contribution in [0.4, 0.5) is 20.6 Å². The van der Waals surface area contributed by atoms with Crippen molar-refractivity contribution < 1.29 is 23.5 Å². The Labute approximate surface area is 216 Å². The Morgan fingerprint density at radius 3 is 2.35 bits per heavy atom. The van der Waals surface area contributed by atoms with Gasteiger partial charge in [0.25, 0.3) is 11.8 Å². The molecule has 9 heteroatoms. The number of nitrogens with one attached hydrogen (secondary N) is 2. The maximum atomic E-state index is 13.8. The smallest absolute Gasteiger partial charge is 0.411 e. The van der Waals surface area contributed by atoms with Crippen molar-refractivity contribution in [3.63, 3.8) is 0 Å². The molecule has 4 aromatic rings. The molecule has 3 aromatic carbocycles. The van der Waals surface area contributed by atoms with E-state index < -0.39 is 30.0 Å². The monoisotopic (exact) mass is 515 g/mol. The average Bonchev–Trinajstić information content (AvgIpc) is 3.54. The molecule has 37 heavy (non-hydrogen) atoms. The van der Waals surface area contributed by atoms with Gasteiger partial charge in [-0.2, -0.15) is 0 Å². The van der Waals surface area contributed by atoms with Crippen LogP contribution in [0.3, 0.4) is 0 Å². The van der Waals surface area contributed by atoms with Crippen molar-refractivity contribution in [3.8, 4) is 0 Å². The first-order valence-electron chi connectivity index (χ1n) is 11.5. The third-order valence-electron chi connectivity index (χ3n) is 5.88. The highest BCUT2D eigenvalue weighted by Crippen LogP contribution is 2.35. The van der Waals surface area contributed by atoms with Crippen LogP contribution in [0, 0.1) is 5.82 Å². The van der Waals surface area contributed by atoms with Crippen LogP contribution in [0.1, 0.15) is 26.9 Å². The molecule has 186 valence electrons. The SMILES string of the molecule is O=C(Nc1ccc(C2OC(=O)N(Cc3cccc(F)c3)C2C(=O)Nc2ccccc2)cc1)c1cccs1. The Balaban J connectivity index is 1.40. The molecular formula is C28H22FN3O4S. The number of rotatable bonds is 7. The Bertz CT molecular complexity index is 1410. The highest BCUT2D eigenvalue weighted by Gasteiger charge is 2.47. The maximum absolute atomic E-state index is 13.8. The quantitative estimate of drug-likeness (QED) is 0.324. The molecule has 2 heterocycles. The number of hydrogen-bond donors (Lipinski definition) is 2. The lowest BCUT2D eigenvalue weighted by molar-refractivity contribution is -0.121. The average molecular weight is 516 g/mol. The summed E-state index contributed by atoms with van der Waals surface area (Å²) in [5.41, 5.74) is 2.25. The molecule has 0 bridgehead atoms. The molecular weight excluding hydrogens is 493 g/mol. The minimum atomic E-state index is -1.01. The number of para-hydroxylation sites is 1. The number of halogens is 1. The van der Waals surface area contributed by atoms with Gasteiger partial charge in [-0.05, 0) is 59.0 Å². The first-order chi connectivity index (χ1) is 18.0.